The van der Waals surface area contributed by atoms with E-state index in [0.29, 0.717) is 12.0 Å². The van der Waals surface area contributed by atoms with Crippen molar-refractivity contribution in [3.8, 4) is 5.88 Å². The van der Waals surface area contributed by atoms with Crippen LogP contribution in [-0.2, 0) is 11.3 Å². The lowest BCUT2D eigenvalue weighted by atomic mass is 10.1. The Balaban J connectivity index is 0.00000441. The van der Waals surface area contributed by atoms with Crippen LogP contribution in [0.2, 0.25) is 0 Å². The molecule has 0 aliphatic carbocycles. The molecule has 126 valence electrons. The molecule has 0 saturated carbocycles. The molecule has 1 rings (SSSR count). The maximum Gasteiger partial charge on any atom is 0.422 e. The van der Waals surface area contributed by atoms with Crippen molar-refractivity contribution < 1.29 is 22.7 Å². The molecule has 1 aromatic rings. The number of rotatable bonds is 7. The molecular weight excluding hydrogens is 323 g/mol. The van der Waals surface area contributed by atoms with Crippen molar-refractivity contribution in [1.29, 1.82) is 0 Å². The molecule has 0 radical (unpaired) electrons. The van der Waals surface area contributed by atoms with Crippen molar-refractivity contribution in [2.75, 3.05) is 6.61 Å². The van der Waals surface area contributed by atoms with Crippen molar-refractivity contribution in [3.05, 3.63) is 23.9 Å². The first-order valence-corrected chi connectivity index (χ1v) is 6.49. The van der Waals surface area contributed by atoms with Crippen molar-refractivity contribution in [1.82, 2.24) is 10.3 Å². The highest BCUT2D eigenvalue weighted by Crippen LogP contribution is 2.17. The van der Waals surface area contributed by atoms with E-state index in [4.69, 9.17) is 5.73 Å². The lowest BCUT2D eigenvalue weighted by molar-refractivity contribution is -0.154. The van der Waals surface area contributed by atoms with Gasteiger partial charge in [0.25, 0.3) is 0 Å². The molecule has 1 amide bonds. The van der Waals surface area contributed by atoms with E-state index in [0.717, 1.165) is 6.42 Å². The number of halogens is 4. The first-order chi connectivity index (χ1) is 9.81. The van der Waals surface area contributed by atoms with Crippen LogP contribution in [0.15, 0.2) is 18.3 Å². The van der Waals surface area contributed by atoms with Crippen molar-refractivity contribution in [3.63, 3.8) is 0 Å². The van der Waals surface area contributed by atoms with Crippen LogP contribution in [0.4, 0.5) is 13.2 Å². The van der Waals surface area contributed by atoms with E-state index < -0.39 is 18.8 Å². The predicted octanol–water partition coefficient (Wildman–Crippen LogP) is 2.19. The number of nitrogens with one attached hydrogen (secondary N) is 1. The average Bonchev–Trinajstić information content (AvgIpc) is 2.42. The molecule has 22 heavy (non-hydrogen) atoms. The Morgan fingerprint density at radius 1 is 1.50 bits per heavy atom. The summed E-state index contributed by atoms with van der Waals surface area (Å²) < 4.78 is 40.6. The van der Waals surface area contributed by atoms with E-state index in [-0.39, 0.29) is 30.7 Å². The van der Waals surface area contributed by atoms with Crippen LogP contribution in [0.3, 0.4) is 0 Å². The van der Waals surface area contributed by atoms with E-state index >= 15 is 0 Å². The van der Waals surface area contributed by atoms with E-state index in [9.17, 15) is 18.0 Å². The second-order valence-electron chi connectivity index (χ2n) is 4.52. The predicted molar refractivity (Wildman–Crippen MR) is 77.8 cm³/mol. The number of ether oxygens (including phenoxy) is 1. The lowest BCUT2D eigenvalue weighted by Crippen LogP contribution is -2.40. The molecule has 1 aromatic heterocycles. The van der Waals surface area contributed by atoms with Crippen molar-refractivity contribution >= 4 is 18.3 Å². The minimum Gasteiger partial charge on any atom is -0.468 e. The molecule has 0 aromatic carbocycles. The summed E-state index contributed by atoms with van der Waals surface area (Å²) in [7, 11) is 0. The molecule has 1 atom stereocenters. The molecule has 5 nitrogen and oxygen atoms in total. The summed E-state index contributed by atoms with van der Waals surface area (Å²) in [6.45, 7) is 0.665. The quantitative estimate of drug-likeness (QED) is 0.797. The Morgan fingerprint density at radius 3 is 2.77 bits per heavy atom. The summed E-state index contributed by atoms with van der Waals surface area (Å²) in [5, 5.41) is 2.61. The van der Waals surface area contributed by atoms with Crippen LogP contribution < -0.4 is 15.8 Å². The molecule has 3 N–H and O–H groups in total. The number of amides is 1. The second kappa shape index (κ2) is 9.47. The molecule has 0 saturated heterocycles. The molecule has 0 spiro atoms. The highest BCUT2D eigenvalue weighted by molar-refractivity contribution is 5.85. The molecule has 0 fully saturated rings. The summed E-state index contributed by atoms with van der Waals surface area (Å²) in [4.78, 5) is 15.3. The first-order valence-electron chi connectivity index (χ1n) is 6.49. The van der Waals surface area contributed by atoms with Gasteiger partial charge in [0, 0.05) is 18.8 Å². The first kappa shape index (κ1) is 20.5. The van der Waals surface area contributed by atoms with E-state index in [2.05, 4.69) is 15.0 Å². The largest absolute Gasteiger partial charge is 0.468 e. The fraction of sp³-hybridized carbons (Fsp3) is 0.538. The number of hydrogen-bond acceptors (Lipinski definition) is 4. The third-order valence-electron chi connectivity index (χ3n) is 2.59. The Labute approximate surface area is 132 Å². The zero-order valence-electron chi connectivity index (χ0n) is 12.0. The third-order valence-corrected chi connectivity index (χ3v) is 2.59. The van der Waals surface area contributed by atoms with Crippen LogP contribution >= 0.6 is 12.4 Å². The van der Waals surface area contributed by atoms with Gasteiger partial charge in [-0.15, -0.1) is 12.4 Å². The van der Waals surface area contributed by atoms with Crippen LogP contribution in [0.1, 0.15) is 25.3 Å². The van der Waals surface area contributed by atoms with Gasteiger partial charge < -0.3 is 15.8 Å². The van der Waals surface area contributed by atoms with Gasteiger partial charge in [0.2, 0.25) is 11.8 Å². The number of carbonyl (C=O) groups is 1. The number of nitrogens with zero attached hydrogens (tertiary/aromatic N) is 1. The van der Waals surface area contributed by atoms with Gasteiger partial charge in [-0.05, 0) is 18.1 Å². The van der Waals surface area contributed by atoms with E-state index in [1.54, 1.807) is 6.07 Å². The van der Waals surface area contributed by atoms with Gasteiger partial charge in [0.05, 0.1) is 6.04 Å². The second-order valence-corrected chi connectivity index (χ2v) is 4.52. The van der Waals surface area contributed by atoms with Crippen LogP contribution in [0.5, 0.6) is 5.88 Å². The number of nitrogens with two attached hydrogens (primary N) is 1. The Hall–Kier alpha value is -1.54. The maximum absolute atomic E-state index is 12.0. The SMILES string of the molecule is CCCC(N)C(=O)NCc1ccnc(OCC(F)(F)F)c1.Cl. The molecule has 9 heteroatoms. The summed E-state index contributed by atoms with van der Waals surface area (Å²) in [6, 6.07) is 2.33. The van der Waals surface area contributed by atoms with Crippen LogP contribution in [0.25, 0.3) is 0 Å². The summed E-state index contributed by atoms with van der Waals surface area (Å²) in [5.41, 5.74) is 6.23. The number of alkyl halides is 3. The van der Waals surface area contributed by atoms with Gasteiger partial charge in [-0.1, -0.05) is 13.3 Å². The Bertz CT molecular complexity index is 472. The number of carbonyl (C=O) groups excluding carboxylic acids is 1. The van der Waals surface area contributed by atoms with Gasteiger partial charge in [-0.2, -0.15) is 13.2 Å². The number of aromatic nitrogens is 1. The van der Waals surface area contributed by atoms with Gasteiger partial charge in [0.15, 0.2) is 6.61 Å². The molecule has 1 heterocycles. The van der Waals surface area contributed by atoms with Gasteiger partial charge in [-0.3, -0.25) is 4.79 Å². The minimum atomic E-state index is -4.42. The maximum atomic E-state index is 12.0. The summed E-state index contributed by atoms with van der Waals surface area (Å²) in [5.74, 6) is -0.441. The third kappa shape index (κ3) is 8.04. The van der Waals surface area contributed by atoms with Crippen molar-refractivity contribution in [2.45, 2.75) is 38.5 Å². The fourth-order valence-corrected chi connectivity index (χ4v) is 1.56. The summed E-state index contributed by atoms with van der Waals surface area (Å²) in [6.07, 6.45) is -1.74. The van der Waals surface area contributed by atoms with Crippen molar-refractivity contribution in [2.24, 2.45) is 5.73 Å². The molecular formula is C13H19ClF3N3O2. The highest BCUT2D eigenvalue weighted by Gasteiger charge is 2.28. The van der Waals surface area contributed by atoms with Gasteiger partial charge >= 0.3 is 6.18 Å². The molecule has 0 bridgehead atoms. The highest BCUT2D eigenvalue weighted by atomic mass is 35.5. The van der Waals surface area contributed by atoms with Crippen LogP contribution in [-0.4, -0.2) is 29.7 Å². The minimum absolute atomic E-state index is 0. The summed E-state index contributed by atoms with van der Waals surface area (Å²) >= 11 is 0. The zero-order valence-corrected chi connectivity index (χ0v) is 12.8. The van der Waals surface area contributed by atoms with E-state index in [1.807, 2.05) is 6.92 Å². The Kier molecular flexibility index (Phi) is 8.81. The normalized spacial score (nSPS) is 12.2. The average molecular weight is 342 g/mol. The Morgan fingerprint density at radius 2 is 2.18 bits per heavy atom. The van der Waals surface area contributed by atoms with E-state index in [1.165, 1.54) is 12.3 Å². The fourth-order valence-electron chi connectivity index (χ4n) is 1.56. The smallest absolute Gasteiger partial charge is 0.422 e. The molecule has 1 unspecified atom stereocenters. The number of hydrogen-bond donors (Lipinski definition) is 2. The van der Waals surface area contributed by atoms with Gasteiger partial charge in [-0.25, -0.2) is 4.98 Å². The standard InChI is InChI=1S/C13H18F3N3O2.ClH/c1-2-3-10(17)12(20)19-7-9-4-5-18-11(6-9)21-8-13(14,15)16;/h4-6,10H,2-3,7-8,17H2,1H3,(H,19,20);1H. The molecule has 0 aliphatic rings. The van der Waals surface area contributed by atoms with Crippen LogP contribution in [0, 0.1) is 0 Å². The lowest BCUT2D eigenvalue weighted by Gasteiger charge is -2.12. The molecule has 0 aliphatic heterocycles. The topological polar surface area (TPSA) is 77.2 Å². The van der Waals surface area contributed by atoms with Gasteiger partial charge in [0.1, 0.15) is 0 Å². The number of pyridine rings is 1. The monoisotopic (exact) mass is 341 g/mol. The zero-order chi connectivity index (χ0) is 15.9.